The Morgan fingerprint density at radius 3 is 2.71 bits per heavy atom. The SMILES string of the molecule is CCOc1ccc2[nH]cc(C(=O)Cc3ccccc3)c2c1. The molecule has 3 heteroatoms. The highest BCUT2D eigenvalue weighted by Crippen LogP contribution is 2.25. The molecule has 0 aliphatic carbocycles. The van der Waals surface area contributed by atoms with Crippen molar-refractivity contribution in [2.45, 2.75) is 13.3 Å². The summed E-state index contributed by atoms with van der Waals surface area (Å²) in [6.45, 7) is 2.56. The van der Waals surface area contributed by atoms with Gasteiger partial charge in [0.2, 0.25) is 0 Å². The second-order valence-electron chi connectivity index (χ2n) is 4.93. The van der Waals surface area contributed by atoms with E-state index in [1.165, 1.54) is 0 Å². The summed E-state index contributed by atoms with van der Waals surface area (Å²) in [5.74, 6) is 0.902. The molecule has 1 aromatic heterocycles. The molecule has 0 saturated carbocycles. The molecule has 0 atom stereocenters. The van der Waals surface area contributed by atoms with Crippen molar-refractivity contribution in [2.24, 2.45) is 0 Å². The molecule has 0 radical (unpaired) electrons. The highest BCUT2D eigenvalue weighted by atomic mass is 16.5. The molecule has 0 saturated heterocycles. The van der Waals surface area contributed by atoms with Gasteiger partial charge in [-0.1, -0.05) is 30.3 Å². The second-order valence-corrected chi connectivity index (χ2v) is 4.93. The molecule has 3 rings (SSSR count). The van der Waals surface area contributed by atoms with Crippen molar-refractivity contribution in [1.29, 1.82) is 0 Å². The molecule has 0 spiro atoms. The lowest BCUT2D eigenvalue weighted by Crippen LogP contribution is -2.02. The lowest BCUT2D eigenvalue weighted by atomic mass is 10.0. The topological polar surface area (TPSA) is 42.1 Å². The first-order chi connectivity index (χ1) is 10.3. The second kappa shape index (κ2) is 5.83. The van der Waals surface area contributed by atoms with Gasteiger partial charge < -0.3 is 9.72 Å². The summed E-state index contributed by atoms with van der Waals surface area (Å²) in [5, 5.41) is 0.918. The number of Topliss-reactive ketones (excluding diaryl/α,β-unsaturated/α-hetero) is 1. The number of aromatic nitrogens is 1. The van der Waals surface area contributed by atoms with Crippen LogP contribution in [-0.2, 0) is 6.42 Å². The Morgan fingerprint density at radius 1 is 1.14 bits per heavy atom. The zero-order valence-corrected chi connectivity index (χ0v) is 11.9. The average Bonchev–Trinajstić information content (AvgIpc) is 2.92. The largest absolute Gasteiger partial charge is 0.494 e. The van der Waals surface area contributed by atoms with Crippen LogP contribution in [0, 0.1) is 0 Å². The normalized spacial score (nSPS) is 10.7. The minimum atomic E-state index is 0.112. The van der Waals surface area contributed by atoms with Gasteiger partial charge in [0.05, 0.1) is 6.61 Å². The number of benzene rings is 2. The number of aromatic amines is 1. The van der Waals surface area contributed by atoms with Gasteiger partial charge in [-0.2, -0.15) is 0 Å². The van der Waals surface area contributed by atoms with Crippen molar-refractivity contribution < 1.29 is 9.53 Å². The third-order valence-corrected chi connectivity index (χ3v) is 3.47. The van der Waals surface area contributed by atoms with E-state index in [9.17, 15) is 4.79 Å². The number of H-pyrrole nitrogens is 1. The van der Waals surface area contributed by atoms with Crippen molar-refractivity contribution in [3.63, 3.8) is 0 Å². The standard InChI is InChI=1S/C18H17NO2/c1-2-21-14-8-9-17-15(11-14)16(12-19-17)18(20)10-13-6-4-3-5-7-13/h3-9,11-12,19H,2,10H2,1H3. The molecule has 0 aliphatic heterocycles. The Labute approximate surface area is 123 Å². The molecule has 0 aliphatic rings. The zero-order valence-electron chi connectivity index (χ0n) is 11.9. The monoisotopic (exact) mass is 279 g/mol. The van der Waals surface area contributed by atoms with E-state index in [0.717, 1.165) is 27.8 Å². The number of fused-ring (bicyclic) bond motifs is 1. The first-order valence-electron chi connectivity index (χ1n) is 7.09. The maximum Gasteiger partial charge on any atom is 0.169 e. The predicted molar refractivity (Wildman–Crippen MR) is 83.9 cm³/mol. The number of rotatable bonds is 5. The van der Waals surface area contributed by atoms with E-state index in [2.05, 4.69) is 4.98 Å². The molecule has 21 heavy (non-hydrogen) atoms. The highest BCUT2D eigenvalue weighted by molar-refractivity contribution is 6.08. The van der Waals surface area contributed by atoms with E-state index in [0.29, 0.717) is 13.0 Å². The number of carbonyl (C=O) groups excluding carboxylic acids is 1. The van der Waals surface area contributed by atoms with Crippen LogP contribution >= 0.6 is 0 Å². The summed E-state index contributed by atoms with van der Waals surface area (Å²) in [6.07, 6.45) is 2.19. The molecule has 2 aromatic carbocycles. The Balaban J connectivity index is 1.92. The first kappa shape index (κ1) is 13.4. The minimum Gasteiger partial charge on any atom is -0.494 e. The molecule has 106 valence electrons. The van der Waals surface area contributed by atoms with Crippen molar-refractivity contribution >= 4 is 16.7 Å². The van der Waals surface area contributed by atoms with Gasteiger partial charge in [0.25, 0.3) is 0 Å². The van der Waals surface area contributed by atoms with Crippen LogP contribution in [0.1, 0.15) is 22.8 Å². The van der Waals surface area contributed by atoms with Crippen LogP contribution in [0.4, 0.5) is 0 Å². The van der Waals surface area contributed by atoms with Crippen LogP contribution in [0.5, 0.6) is 5.75 Å². The lowest BCUT2D eigenvalue weighted by molar-refractivity contribution is 0.0994. The zero-order chi connectivity index (χ0) is 14.7. The van der Waals surface area contributed by atoms with Gasteiger partial charge in [0.1, 0.15) is 5.75 Å². The van der Waals surface area contributed by atoms with Crippen molar-refractivity contribution in [3.05, 3.63) is 65.9 Å². The number of nitrogens with one attached hydrogen (secondary N) is 1. The molecular formula is C18H17NO2. The Kier molecular flexibility index (Phi) is 3.73. The molecular weight excluding hydrogens is 262 g/mol. The third-order valence-electron chi connectivity index (χ3n) is 3.47. The maximum absolute atomic E-state index is 12.5. The van der Waals surface area contributed by atoms with Crippen LogP contribution in [0.25, 0.3) is 10.9 Å². The van der Waals surface area contributed by atoms with Crippen LogP contribution in [0.3, 0.4) is 0 Å². The van der Waals surface area contributed by atoms with Crippen LogP contribution in [-0.4, -0.2) is 17.4 Å². The van der Waals surface area contributed by atoms with Crippen LogP contribution in [0.2, 0.25) is 0 Å². The summed E-state index contributed by atoms with van der Waals surface area (Å²) in [7, 11) is 0. The fourth-order valence-corrected chi connectivity index (χ4v) is 2.46. The fourth-order valence-electron chi connectivity index (χ4n) is 2.46. The van der Waals surface area contributed by atoms with Crippen molar-refractivity contribution in [1.82, 2.24) is 4.98 Å². The Morgan fingerprint density at radius 2 is 1.95 bits per heavy atom. The third kappa shape index (κ3) is 2.82. The van der Waals surface area contributed by atoms with E-state index in [1.54, 1.807) is 6.20 Å². The van der Waals surface area contributed by atoms with Gasteiger partial charge in [0, 0.05) is 29.1 Å². The van der Waals surface area contributed by atoms with Crippen LogP contribution < -0.4 is 4.74 Å². The van der Waals surface area contributed by atoms with Gasteiger partial charge in [-0.3, -0.25) is 4.79 Å². The average molecular weight is 279 g/mol. The maximum atomic E-state index is 12.5. The van der Waals surface area contributed by atoms with Gasteiger partial charge >= 0.3 is 0 Å². The molecule has 0 amide bonds. The summed E-state index contributed by atoms with van der Waals surface area (Å²) in [6, 6.07) is 15.6. The minimum absolute atomic E-state index is 0.112. The Hall–Kier alpha value is -2.55. The van der Waals surface area contributed by atoms with Gasteiger partial charge in [-0.05, 0) is 30.7 Å². The summed E-state index contributed by atoms with van der Waals surface area (Å²) < 4.78 is 5.51. The van der Waals surface area contributed by atoms with E-state index in [-0.39, 0.29) is 5.78 Å². The molecule has 1 heterocycles. The fraction of sp³-hybridized carbons (Fsp3) is 0.167. The quantitative estimate of drug-likeness (QED) is 0.717. The first-order valence-corrected chi connectivity index (χ1v) is 7.09. The van der Waals surface area contributed by atoms with Gasteiger partial charge in [-0.15, -0.1) is 0 Å². The molecule has 1 N–H and O–H groups in total. The highest BCUT2D eigenvalue weighted by Gasteiger charge is 2.13. The number of ether oxygens (including phenoxy) is 1. The summed E-state index contributed by atoms with van der Waals surface area (Å²) in [5.41, 5.74) is 2.70. The summed E-state index contributed by atoms with van der Waals surface area (Å²) >= 11 is 0. The molecule has 0 fully saturated rings. The van der Waals surface area contributed by atoms with Crippen LogP contribution in [0.15, 0.2) is 54.7 Å². The lowest BCUT2D eigenvalue weighted by Gasteiger charge is -2.04. The Bertz CT molecular complexity index is 759. The van der Waals surface area contributed by atoms with Crippen molar-refractivity contribution in [2.75, 3.05) is 6.61 Å². The summed E-state index contributed by atoms with van der Waals surface area (Å²) in [4.78, 5) is 15.6. The number of carbonyl (C=O) groups is 1. The predicted octanol–water partition coefficient (Wildman–Crippen LogP) is 3.99. The van der Waals surface area contributed by atoms with E-state index in [4.69, 9.17) is 4.74 Å². The van der Waals surface area contributed by atoms with E-state index in [1.807, 2.05) is 55.5 Å². The molecule has 0 bridgehead atoms. The van der Waals surface area contributed by atoms with E-state index >= 15 is 0 Å². The number of hydrogen-bond acceptors (Lipinski definition) is 2. The molecule has 0 unspecified atom stereocenters. The van der Waals surface area contributed by atoms with Gasteiger partial charge in [0.15, 0.2) is 5.78 Å². The molecule has 3 aromatic rings. The number of hydrogen-bond donors (Lipinski definition) is 1. The molecule has 3 nitrogen and oxygen atoms in total. The van der Waals surface area contributed by atoms with Crippen molar-refractivity contribution in [3.8, 4) is 5.75 Å². The van der Waals surface area contributed by atoms with E-state index < -0.39 is 0 Å². The van der Waals surface area contributed by atoms with Gasteiger partial charge in [-0.25, -0.2) is 0 Å². The number of ketones is 1. The smallest absolute Gasteiger partial charge is 0.169 e.